The number of para-hydroxylation sites is 2. The fraction of sp³-hybridized carbons (Fsp3) is 0.364. The van der Waals surface area contributed by atoms with Crippen LogP contribution in [0.1, 0.15) is 37.0 Å². The molecule has 0 aliphatic heterocycles. The second kappa shape index (κ2) is 12.7. The number of unbranched alkanes of at least 4 members (excludes halogenated alkanes) is 1. The molecular formula is C22H28N2O4S. The van der Waals surface area contributed by atoms with Crippen molar-refractivity contribution in [3.05, 3.63) is 54.1 Å². The summed E-state index contributed by atoms with van der Waals surface area (Å²) in [5.74, 6) is 0.982. The Morgan fingerprint density at radius 3 is 2.62 bits per heavy atom. The van der Waals surface area contributed by atoms with Gasteiger partial charge in [-0.1, -0.05) is 31.5 Å². The number of amides is 1. The lowest BCUT2D eigenvalue weighted by Crippen LogP contribution is -2.34. The number of rotatable bonds is 11. The summed E-state index contributed by atoms with van der Waals surface area (Å²) in [6.45, 7) is 6.23. The van der Waals surface area contributed by atoms with Crippen LogP contribution in [0.4, 0.5) is 5.69 Å². The molecule has 0 heterocycles. The molecule has 0 atom stereocenters. The highest BCUT2D eigenvalue weighted by atomic mass is 32.1. The molecule has 0 unspecified atom stereocenters. The van der Waals surface area contributed by atoms with E-state index in [0.29, 0.717) is 49.2 Å². The standard InChI is InChI=1S/C22H28N2O4S/c1-3-5-13-28-20-12-7-6-11-19(20)23-22(29)24-21(25)17-9-8-10-18(16-17)27-15-14-26-4-2/h6-12,16H,3-5,13-15H2,1-2H3,(H2,23,24,25,29). The van der Waals surface area contributed by atoms with E-state index in [1.54, 1.807) is 24.3 Å². The molecule has 2 aromatic rings. The SMILES string of the molecule is CCCCOc1ccccc1NC(=S)NC(=O)c1cccc(OCCOCC)c1. The van der Waals surface area contributed by atoms with E-state index >= 15 is 0 Å². The molecular weight excluding hydrogens is 388 g/mol. The van der Waals surface area contributed by atoms with Crippen LogP contribution >= 0.6 is 12.2 Å². The molecule has 0 saturated carbocycles. The zero-order valence-electron chi connectivity index (χ0n) is 16.9. The Hall–Kier alpha value is -2.64. The lowest BCUT2D eigenvalue weighted by atomic mass is 10.2. The number of benzene rings is 2. The molecule has 0 radical (unpaired) electrons. The van der Waals surface area contributed by atoms with Gasteiger partial charge in [-0.25, -0.2) is 0 Å². The van der Waals surface area contributed by atoms with E-state index in [9.17, 15) is 4.79 Å². The lowest BCUT2D eigenvalue weighted by Gasteiger charge is -2.14. The largest absolute Gasteiger partial charge is 0.491 e. The second-order valence-corrected chi connectivity index (χ2v) is 6.59. The molecule has 2 rings (SSSR count). The summed E-state index contributed by atoms with van der Waals surface area (Å²) in [7, 11) is 0. The fourth-order valence-corrected chi connectivity index (χ4v) is 2.64. The highest BCUT2D eigenvalue weighted by Crippen LogP contribution is 2.24. The Morgan fingerprint density at radius 1 is 1.00 bits per heavy atom. The summed E-state index contributed by atoms with van der Waals surface area (Å²) in [6.07, 6.45) is 2.02. The van der Waals surface area contributed by atoms with Gasteiger partial charge in [0.05, 0.1) is 18.9 Å². The molecule has 1 amide bonds. The minimum atomic E-state index is -0.317. The van der Waals surface area contributed by atoms with Gasteiger partial charge in [-0.05, 0) is 55.9 Å². The monoisotopic (exact) mass is 416 g/mol. The van der Waals surface area contributed by atoms with Gasteiger partial charge in [-0.3, -0.25) is 10.1 Å². The van der Waals surface area contributed by atoms with Crippen LogP contribution in [0, 0.1) is 0 Å². The Labute approximate surface area is 177 Å². The van der Waals surface area contributed by atoms with Crippen LogP contribution in [-0.4, -0.2) is 37.4 Å². The van der Waals surface area contributed by atoms with Gasteiger partial charge in [0.2, 0.25) is 0 Å². The zero-order chi connectivity index (χ0) is 20.9. The maximum absolute atomic E-state index is 12.5. The van der Waals surface area contributed by atoms with Gasteiger partial charge in [0, 0.05) is 12.2 Å². The third kappa shape index (κ3) is 8.09. The van der Waals surface area contributed by atoms with Crippen LogP contribution in [0.2, 0.25) is 0 Å². The molecule has 2 aromatic carbocycles. The van der Waals surface area contributed by atoms with Crippen molar-refractivity contribution < 1.29 is 19.0 Å². The van der Waals surface area contributed by atoms with E-state index in [0.717, 1.165) is 12.8 Å². The average Bonchev–Trinajstić information content (AvgIpc) is 2.73. The van der Waals surface area contributed by atoms with Crippen LogP contribution in [0.5, 0.6) is 11.5 Å². The van der Waals surface area contributed by atoms with E-state index in [1.807, 2.05) is 31.2 Å². The highest BCUT2D eigenvalue weighted by molar-refractivity contribution is 7.80. The molecule has 0 aromatic heterocycles. The van der Waals surface area contributed by atoms with E-state index in [1.165, 1.54) is 0 Å². The summed E-state index contributed by atoms with van der Waals surface area (Å²) < 4.78 is 16.6. The number of hydrogen-bond acceptors (Lipinski definition) is 5. The van der Waals surface area contributed by atoms with E-state index in [2.05, 4.69) is 17.6 Å². The van der Waals surface area contributed by atoms with Crippen molar-refractivity contribution in [3.63, 3.8) is 0 Å². The molecule has 0 fully saturated rings. The molecule has 0 aliphatic rings. The predicted molar refractivity (Wildman–Crippen MR) is 119 cm³/mol. The first-order valence-electron chi connectivity index (χ1n) is 9.78. The number of hydrogen-bond donors (Lipinski definition) is 2. The third-order valence-electron chi connectivity index (χ3n) is 3.91. The van der Waals surface area contributed by atoms with Crippen LogP contribution in [-0.2, 0) is 4.74 Å². The van der Waals surface area contributed by atoms with Gasteiger partial charge in [-0.15, -0.1) is 0 Å². The summed E-state index contributed by atoms with van der Waals surface area (Å²) in [5, 5.41) is 5.91. The first-order chi connectivity index (χ1) is 14.1. The van der Waals surface area contributed by atoms with Crippen molar-refractivity contribution in [2.75, 3.05) is 31.7 Å². The Kier molecular flexibility index (Phi) is 9.95. The fourth-order valence-electron chi connectivity index (χ4n) is 2.44. The summed E-state index contributed by atoms with van der Waals surface area (Å²) in [4.78, 5) is 12.5. The van der Waals surface area contributed by atoms with Crippen LogP contribution < -0.4 is 20.1 Å². The van der Waals surface area contributed by atoms with Crippen molar-refractivity contribution in [2.24, 2.45) is 0 Å². The Morgan fingerprint density at radius 2 is 1.83 bits per heavy atom. The van der Waals surface area contributed by atoms with E-state index in [-0.39, 0.29) is 11.0 Å². The minimum Gasteiger partial charge on any atom is -0.491 e. The van der Waals surface area contributed by atoms with Gasteiger partial charge in [0.25, 0.3) is 5.91 Å². The first-order valence-corrected chi connectivity index (χ1v) is 10.2. The smallest absolute Gasteiger partial charge is 0.257 e. The molecule has 7 heteroatoms. The maximum Gasteiger partial charge on any atom is 0.257 e. The van der Waals surface area contributed by atoms with Gasteiger partial charge in [0.1, 0.15) is 18.1 Å². The molecule has 2 N–H and O–H groups in total. The number of nitrogens with one attached hydrogen (secondary N) is 2. The lowest BCUT2D eigenvalue weighted by molar-refractivity contribution is 0.0976. The number of ether oxygens (including phenoxy) is 3. The second-order valence-electron chi connectivity index (χ2n) is 6.18. The molecule has 6 nitrogen and oxygen atoms in total. The summed E-state index contributed by atoms with van der Waals surface area (Å²) >= 11 is 5.29. The Bertz CT molecular complexity index is 798. The first kappa shape index (κ1) is 22.6. The van der Waals surface area contributed by atoms with E-state index < -0.39 is 0 Å². The minimum absolute atomic E-state index is 0.198. The number of thiocarbonyl (C=S) groups is 1. The van der Waals surface area contributed by atoms with Crippen molar-refractivity contribution in [3.8, 4) is 11.5 Å². The van der Waals surface area contributed by atoms with Gasteiger partial charge < -0.3 is 19.5 Å². The maximum atomic E-state index is 12.5. The van der Waals surface area contributed by atoms with Gasteiger partial charge >= 0.3 is 0 Å². The third-order valence-corrected chi connectivity index (χ3v) is 4.12. The van der Waals surface area contributed by atoms with Crippen molar-refractivity contribution in [2.45, 2.75) is 26.7 Å². The molecule has 0 spiro atoms. The summed E-state index contributed by atoms with van der Waals surface area (Å²) in [5.41, 5.74) is 1.16. The quantitative estimate of drug-likeness (QED) is 0.418. The number of anilines is 1. The number of carbonyl (C=O) groups is 1. The van der Waals surface area contributed by atoms with Crippen LogP contribution in [0.15, 0.2) is 48.5 Å². The van der Waals surface area contributed by atoms with Gasteiger partial charge in [0.15, 0.2) is 5.11 Å². The molecule has 0 bridgehead atoms. The molecule has 156 valence electrons. The average molecular weight is 417 g/mol. The molecule has 0 saturated heterocycles. The highest BCUT2D eigenvalue weighted by Gasteiger charge is 2.11. The number of carbonyl (C=O) groups excluding carboxylic acids is 1. The van der Waals surface area contributed by atoms with Crippen molar-refractivity contribution in [1.29, 1.82) is 0 Å². The Balaban J connectivity index is 1.92. The van der Waals surface area contributed by atoms with E-state index in [4.69, 9.17) is 26.4 Å². The van der Waals surface area contributed by atoms with Crippen LogP contribution in [0.25, 0.3) is 0 Å². The van der Waals surface area contributed by atoms with Crippen molar-refractivity contribution >= 4 is 28.9 Å². The molecule has 0 aliphatic carbocycles. The molecule has 29 heavy (non-hydrogen) atoms. The zero-order valence-corrected chi connectivity index (χ0v) is 17.7. The predicted octanol–water partition coefficient (Wildman–Crippen LogP) is 4.41. The normalized spacial score (nSPS) is 10.3. The summed E-state index contributed by atoms with van der Waals surface area (Å²) in [6, 6.07) is 14.4. The van der Waals surface area contributed by atoms with Gasteiger partial charge in [-0.2, -0.15) is 0 Å². The topological polar surface area (TPSA) is 68.8 Å². The van der Waals surface area contributed by atoms with Crippen molar-refractivity contribution in [1.82, 2.24) is 5.32 Å². The van der Waals surface area contributed by atoms with Crippen LogP contribution in [0.3, 0.4) is 0 Å².